The largest absolute Gasteiger partial charge is 0.508 e. The zero-order chi connectivity index (χ0) is 14.2. The van der Waals surface area contributed by atoms with E-state index in [0.29, 0.717) is 18.7 Å². The number of carbonyl (C=O) groups excluding carboxylic acids is 2. The number of carbonyl (C=O) groups is 2. The molecule has 0 spiro atoms. The van der Waals surface area contributed by atoms with Crippen LogP contribution >= 0.6 is 0 Å². The van der Waals surface area contributed by atoms with E-state index >= 15 is 0 Å². The van der Waals surface area contributed by atoms with Crippen molar-refractivity contribution in [3.8, 4) is 5.75 Å². The maximum atomic E-state index is 12.5. The van der Waals surface area contributed by atoms with Crippen LogP contribution in [0.1, 0.15) is 24.2 Å². The molecule has 0 unspecified atom stereocenters. The number of rotatable bonds is 1. The molecule has 1 saturated heterocycles. The highest BCUT2D eigenvalue weighted by atomic mass is 16.3. The number of aromatic hydroxyl groups is 1. The molecule has 0 aromatic heterocycles. The van der Waals surface area contributed by atoms with Crippen molar-refractivity contribution in [2.75, 3.05) is 20.1 Å². The molecule has 102 valence electrons. The van der Waals surface area contributed by atoms with Crippen molar-refractivity contribution in [3.63, 3.8) is 0 Å². The lowest BCUT2D eigenvalue weighted by Crippen LogP contribution is -2.63. The van der Waals surface area contributed by atoms with Crippen LogP contribution in [0.5, 0.6) is 5.75 Å². The Labute approximate surface area is 112 Å². The van der Waals surface area contributed by atoms with Gasteiger partial charge in [0, 0.05) is 25.7 Å². The van der Waals surface area contributed by atoms with Gasteiger partial charge < -0.3 is 14.9 Å². The quantitative estimate of drug-likeness (QED) is 0.824. The van der Waals surface area contributed by atoms with Gasteiger partial charge in [-0.2, -0.15) is 0 Å². The summed E-state index contributed by atoms with van der Waals surface area (Å²) in [7, 11) is 1.74. The van der Waals surface area contributed by atoms with E-state index in [1.807, 2.05) is 0 Å². The third-order valence-corrected chi connectivity index (χ3v) is 3.54. The molecule has 19 heavy (non-hydrogen) atoms. The molecule has 0 bridgehead atoms. The number of phenols is 1. The topological polar surface area (TPSA) is 60.9 Å². The minimum atomic E-state index is -0.866. The van der Waals surface area contributed by atoms with Gasteiger partial charge in [-0.25, -0.2) is 0 Å². The molecule has 1 fully saturated rings. The van der Waals surface area contributed by atoms with Crippen LogP contribution < -0.4 is 0 Å². The second-order valence-electron chi connectivity index (χ2n) is 5.29. The molecule has 1 aromatic carbocycles. The highest BCUT2D eigenvalue weighted by molar-refractivity contribution is 5.99. The van der Waals surface area contributed by atoms with Crippen LogP contribution in [0, 0.1) is 0 Å². The van der Waals surface area contributed by atoms with E-state index in [1.54, 1.807) is 42.8 Å². The molecule has 2 rings (SSSR count). The first-order valence-electron chi connectivity index (χ1n) is 6.20. The maximum absolute atomic E-state index is 12.5. The Morgan fingerprint density at radius 2 is 2.00 bits per heavy atom. The highest BCUT2D eigenvalue weighted by Crippen LogP contribution is 2.24. The van der Waals surface area contributed by atoms with Gasteiger partial charge in [0.05, 0.1) is 0 Å². The summed E-state index contributed by atoms with van der Waals surface area (Å²) in [5.41, 5.74) is -0.472. The van der Waals surface area contributed by atoms with Crippen molar-refractivity contribution in [2.45, 2.75) is 19.4 Å². The number of hydrogen-bond acceptors (Lipinski definition) is 3. The molecule has 0 aliphatic carbocycles. The average Bonchev–Trinajstić information content (AvgIpc) is 2.35. The number of piperazine rings is 1. The van der Waals surface area contributed by atoms with Crippen molar-refractivity contribution in [3.05, 3.63) is 29.8 Å². The average molecular weight is 262 g/mol. The number of hydrogen-bond donors (Lipinski definition) is 1. The van der Waals surface area contributed by atoms with Gasteiger partial charge in [0.1, 0.15) is 11.3 Å². The van der Waals surface area contributed by atoms with E-state index in [1.165, 1.54) is 12.1 Å². The number of benzene rings is 1. The van der Waals surface area contributed by atoms with Crippen molar-refractivity contribution in [2.24, 2.45) is 0 Å². The first-order chi connectivity index (χ1) is 8.84. The Morgan fingerprint density at radius 1 is 1.32 bits per heavy atom. The second-order valence-corrected chi connectivity index (χ2v) is 5.29. The molecule has 5 nitrogen and oxygen atoms in total. The molecule has 1 aliphatic rings. The fourth-order valence-corrected chi connectivity index (χ4v) is 2.36. The minimum absolute atomic E-state index is 0.0455. The summed E-state index contributed by atoms with van der Waals surface area (Å²) in [6.45, 7) is 4.49. The van der Waals surface area contributed by atoms with E-state index in [-0.39, 0.29) is 17.6 Å². The first kappa shape index (κ1) is 13.4. The van der Waals surface area contributed by atoms with Crippen molar-refractivity contribution >= 4 is 11.8 Å². The maximum Gasteiger partial charge on any atom is 0.254 e. The first-order valence-corrected chi connectivity index (χ1v) is 6.20. The van der Waals surface area contributed by atoms with Gasteiger partial charge in [-0.1, -0.05) is 6.07 Å². The molecular formula is C14H18N2O3. The molecule has 0 saturated carbocycles. The lowest BCUT2D eigenvalue weighted by Gasteiger charge is -2.44. The van der Waals surface area contributed by atoms with Crippen LogP contribution in [0.4, 0.5) is 0 Å². The van der Waals surface area contributed by atoms with Gasteiger partial charge in [-0.15, -0.1) is 0 Å². The number of likely N-dealkylation sites (N-methyl/N-ethyl adjacent to an activating group) is 1. The summed E-state index contributed by atoms with van der Waals surface area (Å²) >= 11 is 0. The second kappa shape index (κ2) is 4.57. The Kier molecular flexibility index (Phi) is 3.22. The van der Waals surface area contributed by atoms with Crippen LogP contribution in [-0.4, -0.2) is 52.4 Å². The summed E-state index contributed by atoms with van der Waals surface area (Å²) < 4.78 is 0. The minimum Gasteiger partial charge on any atom is -0.508 e. The van der Waals surface area contributed by atoms with E-state index < -0.39 is 5.54 Å². The van der Waals surface area contributed by atoms with Crippen molar-refractivity contribution < 1.29 is 14.7 Å². The fourth-order valence-electron chi connectivity index (χ4n) is 2.36. The smallest absolute Gasteiger partial charge is 0.254 e. The van der Waals surface area contributed by atoms with Crippen molar-refractivity contribution in [1.29, 1.82) is 0 Å². The number of amides is 2. The van der Waals surface area contributed by atoms with E-state index in [2.05, 4.69) is 0 Å². The molecule has 1 heterocycles. The van der Waals surface area contributed by atoms with Gasteiger partial charge in [0.15, 0.2) is 0 Å². The Bertz CT molecular complexity index is 525. The van der Waals surface area contributed by atoms with Crippen molar-refractivity contribution in [1.82, 2.24) is 9.80 Å². The lowest BCUT2D eigenvalue weighted by molar-refractivity contribution is -0.144. The summed E-state index contributed by atoms with van der Waals surface area (Å²) in [5.74, 6) is -0.265. The van der Waals surface area contributed by atoms with Crippen LogP contribution in [0.2, 0.25) is 0 Å². The van der Waals surface area contributed by atoms with Gasteiger partial charge in [0.25, 0.3) is 5.91 Å². The summed E-state index contributed by atoms with van der Waals surface area (Å²) in [6.07, 6.45) is 0. The zero-order valence-corrected chi connectivity index (χ0v) is 11.4. The van der Waals surface area contributed by atoms with Gasteiger partial charge >= 0.3 is 0 Å². The molecular weight excluding hydrogens is 244 g/mol. The molecule has 0 atom stereocenters. The molecule has 0 radical (unpaired) electrons. The Balaban J connectivity index is 2.31. The highest BCUT2D eigenvalue weighted by Gasteiger charge is 2.43. The van der Waals surface area contributed by atoms with Gasteiger partial charge in [-0.05, 0) is 32.0 Å². The normalized spacial score (nSPS) is 18.6. The summed E-state index contributed by atoms with van der Waals surface area (Å²) in [6, 6.07) is 6.19. The summed E-state index contributed by atoms with van der Waals surface area (Å²) in [4.78, 5) is 27.8. The van der Waals surface area contributed by atoms with Crippen LogP contribution in [-0.2, 0) is 4.79 Å². The molecule has 1 aliphatic heterocycles. The van der Waals surface area contributed by atoms with Gasteiger partial charge in [-0.3, -0.25) is 9.59 Å². The van der Waals surface area contributed by atoms with Crippen LogP contribution in [0.3, 0.4) is 0 Å². The predicted molar refractivity (Wildman–Crippen MR) is 70.9 cm³/mol. The van der Waals surface area contributed by atoms with Gasteiger partial charge in [0.2, 0.25) is 5.91 Å². The number of nitrogens with zero attached hydrogens (tertiary/aromatic N) is 2. The van der Waals surface area contributed by atoms with E-state index in [4.69, 9.17) is 0 Å². The third-order valence-electron chi connectivity index (χ3n) is 3.54. The Morgan fingerprint density at radius 3 is 2.63 bits per heavy atom. The SMILES string of the molecule is CN1CCN(C(=O)c2cccc(O)c2)C(C)(C)C1=O. The summed E-state index contributed by atoms with van der Waals surface area (Å²) in [5, 5.41) is 9.44. The number of phenolic OH excluding ortho intramolecular Hbond substituents is 1. The monoisotopic (exact) mass is 262 g/mol. The standard InChI is InChI=1S/C14H18N2O3/c1-14(2)13(19)15(3)7-8-16(14)12(18)10-5-4-6-11(17)9-10/h4-6,9,17H,7-8H2,1-3H3. The lowest BCUT2D eigenvalue weighted by atomic mass is 9.96. The molecule has 1 aromatic rings. The zero-order valence-electron chi connectivity index (χ0n) is 11.4. The van der Waals surface area contributed by atoms with E-state index in [9.17, 15) is 14.7 Å². The van der Waals surface area contributed by atoms with Crippen LogP contribution in [0.25, 0.3) is 0 Å². The Hall–Kier alpha value is -2.04. The third kappa shape index (κ3) is 2.28. The fraction of sp³-hybridized carbons (Fsp3) is 0.429. The van der Waals surface area contributed by atoms with Crippen LogP contribution in [0.15, 0.2) is 24.3 Å². The molecule has 2 amide bonds. The molecule has 1 N–H and O–H groups in total. The predicted octanol–water partition coefficient (Wildman–Crippen LogP) is 1.08. The molecule has 5 heteroatoms. The van der Waals surface area contributed by atoms with E-state index in [0.717, 1.165) is 0 Å².